The lowest BCUT2D eigenvalue weighted by Gasteiger charge is -2.33. The van der Waals surface area contributed by atoms with Gasteiger partial charge in [0.2, 0.25) is 0 Å². The second kappa shape index (κ2) is 6.33. The highest BCUT2D eigenvalue weighted by Gasteiger charge is 2.39. The minimum Gasteiger partial charge on any atom is -0.366 e. The van der Waals surface area contributed by atoms with Gasteiger partial charge in [-0.2, -0.15) is 0 Å². The maximum Gasteiger partial charge on any atom is 0.317 e. The number of aromatic nitrogens is 3. The molecule has 1 N–H and O–H groups in total. The molecule has 4 rings (SSSR count). The first-order chi connectivity index (χ1) is 11.6. The second-order valence-electron chi connectivity index (χ2n) is 7.32. The Kier molecular flexibility index (Phi) is 4.17. The molecule has 1 aromatic heterocycles. The highest BCUT2D eigenvalue weighted by molar-refractivity contribution is 5.74. The topological polar surface area (TPSA) is 75.5 Å². The number of ether oxygens (including phenoxy) is 1. The maximum absolute atomic E-state index is 12.7. The summed E-state index contributed by atoms with van der Waals surface area (Å²) >= 11 is 0. The molecule has 0 unspecified atom stereocenters. The largest absolute Gasteiger partial charge is 0.366 e. The Labute approximate surface area is 142 Å². The number of carbonyl (C=O) groups is 1. The van der Waals surface area contributed by atoms with Crippen LogP contribution in [0.1, 0.15) is 31.7 Å². The van der Waals surface area contributed by atoms with Gasteiger partial charge >= 0.3 is 6.03 Å². The number of hydrogen-bond donors (Lipinski definition) is 1. The summed E-state index contributed by atoms with van der Waals surface area (Å²) in [4.78, 5) is 17.1. The molecule has 1 aromatic rings. The third kappa shape index (κ3) is 3.12. The Morgan fingerprint density at radius 3 is 2.88 bits per heavy atom. The number of rotatable bonds is 3. The van der Waals surface area contributed by atoms with Crippen molar-refractivity contribution < 1.29 is 9.53 Å². The van der Waals surface area contributed by atoms with E-state index in [4.69, 9.17) is 4.74 Å². The number of aryl methyl sites for hydroxylation is 1. The van der Waals surface area contributed by atoms with E-state index in [2.05, 4.69) is 27.3 Å². The quantitative estimate of drug-likeness (QED) is 0.865. The Bertz CT molecular complexity index is 601. The number of nitrogens with one attached hydrogen (secondary N) is 1. The summed E-state index contributed by atoms with van der Waals surface area (Å²) in [6, 6.07) is 1.02. The van der Waals surface area contributed by atoms with Gasteiger partial charge in [-0.15, -0.1) is 10.2 Å². The van der Waals surface area contributed by atoms with Gasteiger partial charge in [0.15, 0.2) is 5.82 Å². The van der Waals surface area contributed by atoms with Gasteiger partial charge in [0.05, 0.1) is 13.2 Å². The van der Waals surface area contributed by atoms with Crippen molar-refractivity contribution >= 4 is 6.03 Å². The van der Waals surface area contributed by atoms with Gasteiger partial charge in [-0.3, -0.25) is 4.90 Å². The van der Waals surface area contributed by atoms with E-state index in [1.165, 1.54) is 12.8 Å². The summed E-state index contributed by atoms with van der Waals surface area (Å²) in [5.41, 5.74) is 0. The van der Waals surface area contributed by atoms with E-state index in [9.17, 15) is 4.79 Å². The molecule has 3 aliphatic rings. The van der Waals surface area contributed by atoms with Crippen molar-refractivity contribution in [1.82, 2.24) is 29.9 Å². The highest BCUT2D eigenvalue weighted by atomic mass is 16.5. The van der Waals surface area contributed by atoms with E-state index >= 15 is 0 Å². The number of hydrogen-bond acceptors (Lipinski definition) is 5. The Hall–Kier alpha value is -1.67. The van der Waals surface area contributed by atoms with Gasteiger partial charge in [0, 0.05) is 38.8 Å². The van der Waals surface area contributed by atoms with E-state index in [-0.39, 0.29) is 18.2 Å². The second-order valence-corrected chi connectivity index (χ2v) is 7.32. The molecule has 8 heteroatoms. The fraction of sp³-hybridized carbons (Fsp3) is 0.812. The zero-order valence-electron chi connectivity index (χ0n) is 14.4. The van der Waals surface area contributed by atoms with Crippen LogP contribution in [0.2, 0.25) is 0 Å². The third-order valence-electron chi connectivity index (χ3n) is 5.40. The summed E-state index contributed by atoms with van der Waals surface area (Å²) in [7, 11) is 1.89. The van der Waals surface area contributed by atoms with Crippen LogP contribution in [-0.2, 0) is 11.8 Å². The molecule has 2 aliphatic heterocycles. The van der Waals surface area contributed by atoms with E-state index in [1.807, 2.05) is 16.5 Å². The number of amides is 2. The molecule has 0 radical (unpaired) electrons. The molecule has 3 heterocycles. The number of nitrogens with zero attached hydrogens (tertiary/aromatic N) is 5. The monoisotopic (exact) mass is 334 g/mol. The first kappa shape index (κ1) is 15.8. The molecule has 3 atom stereocenters. The molecule has 2 amide bonds. The highest BCUT2D eigenvalue weighted by Crippen LogP contribution is 2.31. The van der Waals surface area contributed by atoms with Crippen LogP contribution in [-0.4, -0.2) is 75.5 Å². The molecule has 0 aromatic carbocycles. The average Bonchev–Trinajstić information content (AvgIpc) is 3.25. The van der Waals surface area contributed by atoms with Gasteiger partial charge in [0.1, 0.15) is 12.4 Å². The third-order valence-corrected chi connectivity index (χ3v) is 5.40. The number of likely N-dealkylation sites (tertiary alicyclic amines) is 1. The summed E-state index contributed by atoms with van der Waals surface area (Å²) in [5.74, 6) is 1.27. The molecule has 8 nitrogen and oxygen atoms in total. The van der Waals surface area contributed by atoms with E-state index in [1.54, 1.807) is 6.33 Å². The van der Waals surface area contributed by atoms with E-state index in [0.29, 0.717) is 25.6 Å². The van der Waals surface area contributed by atoms with Gasteiger partial charge in [-0.05, 0) is 18.8 Å². The molecule has 2 saturated heterocycles. The first-order valence-electron chi connectivity index (χ1n) is 8.87. The SMILES string of the molecule is C[C@@H]1CN(C2CC2)C[C@@H]1NC(=O)N1CCO[C@H](c2nncn2C)C1. The van der Waals surface area contributed by atoms with Crippen LogP contribution in [0.5, 0.6) is 0 Å². The van der Waals surface area contributed by atoms with Crippen LogP contribution < -0.4 is 5.32 Å². The molecule has 1 aliphatic carbocycles. The van der Waals surface area contributed by atoms with Crippen molar-refractivity contribution in [3.8, 4) is 0 Å². The molecule has 24 heavy (non-hydrogen) atoms. The predicted octanol–water partition coefficient (Wildman–Crippen LogP) is 0.381. The molecule has 132 valence electrons. The van der Waals surface area contributed by atoms with Crippen molar-refractivity contribution in [1.29, 1.82) is 0 Å². The number of morpholine rings is 1. The lowest BCUT2D eigenvalue weighted by atomic mass is 10.1. The Morgan fingerprint density at radius 2 is 2.17 bits per heavy atom. The molecule has 0 bridgehead atoms. The van der Waals surface area contributed by atoms with E-state index in [0.717, 1.165) is 25.0 Å². The van der Waals surface area contributed by atoms with Crippen molar-refractivity contribution in [3.63, 3.8) is 0 Å². The summed E-state index contributed by atoms with van der Waals surface area (Å²) in [6.07, 6.45) is 4.08. The molecule has 0 spiro atoms. The van der Waals surface area contributed by atoms with Gasteiger partial charge < -0.3 is 19.5 Å². The number of urea groups is 1. The molecule has 3 fully saturated rings. The predicted molar refractivity (Wildman–Crippen MR) is 87.3 cm³/mol. The number of carbonyl (C=O) groups excluding carboxylic acids is 1. The maximum atomic E-state index is 12.7. The average molecular weight is 334 g/mol. The van der Waals surface area contributed by atoms with Crippen molar-refractivity contribution in [3.05, 3.63) is 12.2 Å². The van der Waals surface area contributed by atoms with Crippen LogP contribution in [0, 0.1) is 5.92 Å². The van der Waals surface area contributed by atoms with Crippen LogP contribution in [0.4, 0.5) is 4.79 Å². The standard InChI is InChI=1S/C16H26N6O2/c1-11-7-22(12-3-4-12)8-13(11)18-16(23)21-5-6-24-14(9-21)15-19-17-10-20(15)2/h10-14H,3-9H2,1-2H3,(H,18,23)/t11-,13+,14+/m1/s1. The lowest BCUT2D eigenvalue weighted by Crippen LogP contribution is -2.51. The zero-order valence-corrected chi connectivity index (χ0v) is 14.4. The summed E-state index contributed by atoms with van der Waals surface area (Å²) in [5, 5.41) is 11.2. The van der Waals surface area contributed by atoms with Crippen LogP contribution in [0.25, 0.3) is 0 Å². The molecule has 1 saturated carbocycles. The fourth-order valence-corrected chi connectivity index (χ4v) is 3.75. The van der Waals surface area contributed by atoms with Crippen LogP contribution in [0.3, 0.4) is 0 Å². The fourth-order valence-electron chi connectivity index (χ4n) is 3.75. The minimum absolute atomic E-state index is 0.0139. The minimum atomic E-state index is -0.207. The Balaban J connectivity index is 1.35. The molecular formula is C16H26N6O2. The summed E-state index contributed by atoms with van der Waals surface area (Å²) in [6.45, 7) is 5.97. The lowest BCUT2D eigenvalue weighted by molar-refractivity contribution is -0.0218. The van der Waals surface area contributed by atoms with Gasteiger partial charge in [0.25, 0.3) is 0 Å². The smallest absolute Gasteiger partial charge is 0.317 e. The normalized spacial score (nSPS) is 31.4. The Morgan fingerprint density at radius 1 is 1.33 bits per heavy atom. The zero-order chi connectivity index (χ0) is 16.7. The van der Waals surface area contributed by atoms with Gasteiger partial charge in [-0.25, -0.2) is 4.79 Å². The van der Waals surface area contributed by atoms with Crippen LogP contribution >= 0.6 is 0 Å². The van der Waals surface area contributed by atoms with Gasteiger partial charge in [-0.1, -0.05) is 6.92 Å². The van der Waals surface area contributed by atoms with Crippen LogP contribution in [0.15, 0.2) is 6.33 Å². The molecular weight excluding hydrogens is 308 g/mol. The summed E-state index contributed by atoms with van der Waals surface area (Å²) < 4.78 is 7.62. The van der Waals surface area contributed by atoms with Crippen molar-refractivity contribution in [2.24, 2.45) is 13.0 Å². The van der Waals surface area contributed by atoms with Crippen molar-refractivity contribution in [2.45, 2.75) is 38.0 Å². The first-order valence-corrected chi connectivity index (χ1v) is 8.87. The van der Waals surface area contributed by atoms with E-state index < -0.39 is 0 Å². The van der Waals surface area contributed by atoms with Crippen molar-refractivity contribution in [2.75, 3.05) is 32.8 Å².